The van der Waals surface area contributed by atoms with Crippen molar-refractivity contribution < 1.29 is 4.42 Å². The summed E-state index contributed by atoms with van der Waals surface area (Å²) in [6, 6.07) is 48.4. The van der Waals surface area contributed by atoms with Gasteiger partial charge >= 0.3 is 0 Å². The van der Waals surface area contributed by atoms with Crippen LogP contribution in [-0.4, -0.2) is 15.0 Å². The first-order valence-corrected chi connectivity index (χ1v) is 15.6. The zero-order valence-electron chi connectivity index (χ0n) is 25.5. The van der Waals surface area contributed by atoms with Crippen molar-refractivity contribution in [1.29, 1.82) is 0 Å². The van der Waals surface area contributed by atoms with E-state index < -0.39 is 0 Å². The molecule has 0 aliphatic heterocycles. The molecule has 6 aromatic carbocycles. The van der Waals surface area contributed by atoms with Gasteiger partial charge in [0.1, 0.15) is 11.2 Å². The summed E-state index contributed by atoms with van der Waals surface area (Å²) in [5.41, 5.74) is 11.7. The van der Waals surface area contributed by atoms with Crippen molar-refractivity contribution in [1.82, 2.24) is 15.0 Å². The summed E-state index contributed by atoms with van der Waals surface area (Å²) in [5, 5.41) is 2.03. The zero-order chi connectivity index (χ0) is 30.8. The van der Waals surface area contributed by atoms with E-state index >= 15 is 0 Å². The quantitative estimate of drug-likeness (QED) is 0.204. The second-order valence-electron chi connectivity index (χ2n) is 12.5. The Hall–Kier alpha value is -5.87. The number of benzene rings is 6. The first kappa shape index (κ1) is 26.5. The summed E-state index contributed by atoms with van der Waals surface area (Å²) < 4.78 is 6.44. The fourth-order valence-electron chi connectivity index (χ4n) is 7.01. The van der Waals surface area contributed by atoms with Gasteiger partial charge in [0.2, 0.25) is 0 Å². The Bertz CT molecular complexity index is 2440. The number of para-hydroxylation sites is 1. The van der Waals surface area contributed by atoms with E-state index in [0.717, 1.165) is 49.8 Å². The van der Waals surface area contributed by atoms with Crippen molar-refractivity contribution >= 4 is 21.9 Å². The van der Waals surface area contributed by atoms with Crippen LogP contribution in [-0.2, 0) is 5.41 Å². The minimum atomic E-state index is -0.133. The minimum absolute atomic E-state index is 0.133. The molecular weight excluding hydrogens is 562 g/mol. The summed E-state index contributed by atoms with van der Waals surface area (Å²) in [6.45, 7) is 4.59. The maximum Gasteiger partial charge on any atom is 0.164 e. The molecule has 218 valence electrons. The van der Waals surface area contributed by atoms with Crippen LogP contribution in [0.25, 0.3) is 78.4 Å². The molecule has 4 nitrogen and oxygen atoms in total. The molecule has 9 rings (SSSR count). The molecule has 0 radical (unpaired) electrons. The lowest BCUT2D eigenvalue weighted by Crippen LogP contribution is -2.15. The molecule has 46 heavy (non-hydrogen) atoms. The molecule has 4 heteroatoms. The zero-order valence-corrected chi connectivity index (χ0v) is 25.5. The SMILES string of the molecule is CC1(C)c2ccccc2-c2ccc(-c3nc(-c4ccccc4)nc(-c4cc(-c5ccccc5)cc5oc6ccccc6c45)n3)cc21. The third-order valence-electron chi connectivity index (χ3n) is 9.34. The van der Waals surface area contributed by atoms with E-state index in [-0.39, 0.29) is 5.41 Å². The fraction of sp³-hybridized carbons (Fsp3) is 0.0714. The lowest BCUT2D eigenvalue weighted by molar-refractivity contribution is 0.660. The third-order valence-corrected chi connectivity index (χ3v) is 9.34. The van der Waals surface area contributed by atoms with Crippen LogP contribution in [0.4, 0.5) is 0 Å². The largest absolute Gasteiger partial charge is 0.456 e. The Kier molecular flexibility index (Phi) is 5.81. The molecule has 2 heterocycles. The molecule has 2 aromatic heterocycles. The molecule has 1 aliphatic rings. The maximum absolute atomic E-state index is 6.44. The van der Waals surface area contributed by atoms with Crippen molar-refractivity contribution in [3.63, 3.8) is 0 Å². The van der Waals surface area contributed by atoms with E-state index in [1.54, 1.807) is 0 Å². The van der Waals surface area contributed by atoms with Crippen molar-refractivity contribution in [3.8, 4) is 56.4 Å². The molecule has 0 saturated heterocycles. The molecule has 0 fully saturated rings. The summed E-state index contributed by atoms with van der Waals surface area (Å²) in [5.74, 6) is 1.89. The number of nitrogens with zero attached hydrogens (tertiary/aromatic N) is 3. The Balaban J connectivity index is 1.31. The van der Waals surface area contributed by atoms with Crippen LogP contribution in [0.5, 0.6) is 0 Å². The van der Waals surface area contributed by atoms with Gasteiger partial charge in [-0.15, -0.1) is 0 Å². The highest BCUT2D eigenvalue weighted by Gasteiger charge is 2.35. The van der Waals surface area contributed by atoms with Gasteiger partial charge in [-0.1, -0.05) is 129 Å². The lowest BCUT2D eigenvalue weighted by atomic mass is 9.82. The number of fused-ring (bicyclic) bond motifs is 6. The van der Waals surface area contributed by atoms with Crippen LogP contribution in [0.2, 0.25) is 0 Å². The number of hydrogen-bond acceptors (Lipinski definition) is 4. The fourth-order valence-corrected chi connectivity index (χ4v) is 7.01. The van der Waals surface area contributed by atoms with Crippen LogP contribution < -0.4 is 0 Å². The van der Waals surface area contributed by atoms with Crippen LogP contribution >= 0.6 is 0 Å². The highest BCUT2D eigenvalue weighted by atomic mass is 16.3. The van der Waals surface area contributed by atoms with Crippen molar-refractivity contribution in [2.75, 3.05) is 0 Å². The summed E-state index contributed by atoms with van der Waals surface area (Å²) in [6.07, 6.45) is 0. The van der Waals surface area contributed by atoms with E-state index in [0.29, 0.717) is 17.5 Å². The number of aromatic nitrogens is 3. The number of rotatable bonds is 4. The minimum Gasteiger partial charge on any atom is -0.456 e. The third kappa shape index (κ3) is 4.11. The molecule has 0 amide bonds. The van der Waals surface area contributed by atoms with E-state index in [4.69, 9.17) is 19.4 Å². The Morgan fingerprint density at radius 2 is 1.07 bits per heavy atom. The highest BCUT2D eigenvalue weighted by Crippen LogP contribution is 2.49. The van der Waals surface area contributed by atoms with Crippen LogP contribution in [0.3, 0.4) is 0 Å². The standard InChI is InChI=1S/C42H29N3O/c1-42(2)34-19-11-9-17-30(34)31-22-21-28(24-35(31)42)40-43-39(27-15-7-4-8-16-27)44-41(45-40)33-23-29(26-13-5-3-6-14-26)25-37-38(33)32-18-10-12-20-36(32)46-37/h3-25H,1-2H3. The first-order chi connectivity index (χ1) is 22.5. The molecule has 0 unspecified atom stereocenters. The molecule has 1 aliphatic carbocycles. The van der Waals surface area contributed by atoms with Crippen molar-refractivity contribution in [3.05, 3.63) is 151 Å². The van der Waals surface area contributed by atoms with Gasteiger partial charge in [-0.25, -0.2) is 15.0 Å². The van der Waals surface area contributed by atoms with Gasteiger partial charge in [0.15, 0.2) is 17.5 Å². The molecule has 0 N–H and O–H groups in total. The normalized spacial score (nSPS) is 13.2. The summed E-state index contributed by atoms with van der Waals surface area (Å²) >= 11 is 0. The lowest BCUT2D eigenvalue weighted by Gasteiger charge is -2.21. The Morgan fingerprint density at radius 3 is 1.87 bits per heavy atom. The number of furan rings is 1. The Morgan fingerprint density at radius 1 is 0.435 bits per heavy atom. The highest BCUT2D eigenvalue weighted by molar-refractivity contribution is 6.13. The van der Waals surface area contributed by atoms with E-state index in [1.165, 1.54) is 22.3 Å². The number of hydrogen-bond donors (Lipinski definition) is 0. The smallest absolute Gasteiger partial charge is 0.164 e. The summed E-state index contributed by atoms with van der Waals surface area (Å²) in [7, 11) is 0. The van der Waals surface area contributed by atoms with Crippen LogP contribution in [0, 0.1) is 0 Å². The van der Waals surface area contributed by atoms with E-state index in [9.17, 15) is 0 Å². The van der Waals surface area contributed by atoms with E-state index in [2.05, 4.69) is 111 Å². The second-order valence-corrected chi connectivity index (χ2v) is 12.5. The van der Waals surface area contributed by atoms with Crippen molar-refractivity contribution in [2.24, 2.45) is 0 Å². The molecule has 0 spiro atoms. The van der Waals surface area contributed by atoms with E-state index in [1.807, 2.05) is 42.5 Å². The van der Waals surface area contributed by atoms with Crippen LogP contribution in [0.15, 0.2) is 144 Å². The van der Waals surface area contributed by atoms with Crippen LogP contribution in [0.1, 0.15) is 25.0 Å². The average Bonchev–Trinajstić information content (AvgIpc) is 3.60. The van der Waals surface area contributed by atoms with Gasteiger partial charge in [-0.3, -0.25) is 0 Å². The molecular formula is C42H29N3O. The molecule has 0 saturated carbocycles. The topological polar surface area (TPSA) is 51.8 Å². The van der Waals surface area contributed by atoms with Gasteiger partial charge in [-0.2, -0.15) is 0 Å². The molecule has 8 aromatic rings. The second kappa shape index (κ2) is 10.1. The predicted molar refractivity (Wildman–Crippen MR) is 186 cm³/mol. The predicted octanol–water partition coefficient (Wildman–Crippen LogP) is 10.7. The first-order valence-electron chi connectivity index (χ1n) is 15.6. The van der Waals surface area contributed by atoms with Gasteiger partial charge < -0.3 is 4.42 Å². The Labute approximate surface area is 267 Å². The summed E-state index contributed by atoms with van der Waals surface area (Å²) in [4.78, 5) is 15.5. The van der Waals surface area contributed by atoms with Gasteiger partial charge in [0, 0.05) is 32.9 Å². The van der Waals surface area contributed by atoms with Gasteiger partial charge in [0.05, 0.1) is 0 Å². The van der Waals surface area contributed by atoms with Gasteiger partial charge in [0.25, 0.3) is 0 Å². The maximum atomic E-state index is 6.44. The monoisotopic (exact) mass is 591 g/mol. The molecule has 0 bridgehead atoms. The average molecular weight is 592 g/mol. The molecule has 0 atom stereocenters. The van der Waals surface area contributed by atoms with Crippen molar-refractivity contribution in [2.45, 2.75) is 19.3 Å². The van der Waals surface area contributed by atoms with Gasteiger partial charge in [-0.05, 0) is 57.6 Å².